The summed E-state index contributed by atoms with van der Waals surface area (Å²) in [5.41, 5.74) is 5.04. The summed E-state index contributed by atoms with van der Waals surface area (Å²) < 4.78 is 0. The maximum Gasteiger partial charge on any atom is 0.257 e. The zero-order valence-corrected chi connectivity index (χ0v) is 17.1. The average molecular weight is 395 g/mol. The van der Waals surface area contributed by atoms with Crippen molar-refractivity contribution in [2.75, 3.05) is 31.5 Å². The normalized spacial score (nSPS) is 17.6. The monoisotopic (exact) mass is 395 g/mol. The van der Waals surface area contributed by atoms with Gasteiger partial charge in [0.15, 0.2) is 0 Å². The number of hydrogen-bond donors (Lipinski definition) is 4. The highest BCUT2D eigenvalue weighted by molar-refractivity contribution is 6.35. The minimum absolute atomic E-state index is 0.00444. The van der Waals surface area contributed by atoms with E-state index in [1.54, 1.807) is 19.9 Å². The van der Waals surface area contributed by atoms with Gasteiger partial charge in [-0.2, -0.15) is 0 Å². The topological polar surface area (TPSA) is 110 Å². The van der Waals surface area contributed by atoms with E-state index in [0.717, 1.165) is 24.3 Å². The number of hydrogen-bond acceptors (Lipinski definition) is 5. The Morgan fingerprint density at radius 1 is 1.14 bits per heavy atom. The van der Waals surface area contributed by atoms with E-state index >= 15 is 0 Å². The Morgan fingerprint density at radius 3 is 2.52 bits per heavy atom. The number of piperazine rings is 1. The molecule has 2 aliphatic heterocycles. The van der Waals surface area contributed by atoms with Crippen LogP contribution in [0.1, 0.15) is 44.1 Å². The Kier molecular flexibility index (Phi) is 4.66. The highest BCUT2D eigenvalue weighted by atomic mass is 16.3. The molecule has 0 atom stereocenters. The molecule has 8 heteroatoms. The largest absolute Gasteiger partial charge is 0.506 e. The van der Waals surface area contributed by atoms with Gasteiger partial charge in [0.2, 0.25) is 0 Å². The molecule has 4 N–H and O–H groups in total. The molecule has 0 aromatic carbocycles. The van der Waals surface area contributed by atoms with Crippen LogP contribution in [0, 0.1) is 27.7 Å². The quantitative estimate of drug-likeness (QED) is 0.581. The van der Waals surface area contributed by atoms with Crippen LogP contribution in [0.2, 0.25) is 0 Å². The third-order valence-electron chi connectivity index (χ3n) is 5.72. The van der Waals surface area contributed by atoms with Gasteiger partial charge in [0, 0.05) is 48.7 Å². The van der Waals surface area contributed by atoms with E-state index in [-0.39, 0.29) is 17.6 Å². The van der Waals surface area contributed by atoms with Gasteiger partial charge >= 0.3 is 0 Å². The molecule has 152 valence electrons. The third kappa shape index (κ3) is 3.09. The van der Waals surface area contributed by atoms with Crippen LogP contribution < -0.4 is 10.6 Å². The summed E-state index contributed by atoms with van der Waals surface area (Å²) in [5, 5.41) is 16.3. The fraction of sp³-hybridized carbons (Fsp3) is 0.381. The molecular formula is C21H25N5O3. The predicted octanol–water partition coefficient (Wildman–Crippen LogP) is 1.89. The van der Waals surface area contributed by atoms with E-state index in [2.05, 4.69) is 20.6 Å². The summed E-state index contributed by atoms with van der Waals surface area (Å²) in [6.07, 6.45) is 1.74. The maximum absolute atomic E-state index is 13.0. The lowest BCUT2D eigenvalue weighted by molar-refractivity contribution is -0.110. The van der Waals surface area contributed by atoms with Crippen LogP contribution >= 0.6 is 0 Å². The molecule has 0 aliphatic carbocycles. The fourth-order valence-corrected chi connectivity index (χ4v) is 4.10. The number of aromatic hydroxyl groups is 1. The van der Waals surface area contributed by atoms with Gasteiger partial charge in [0.1, 0.15) is 11.6 Å². The number of aromatic amines is 1. The van der Waals surface area contributed by atoms with Crippen molar-refractivity contribution >= 4 is 29.3 Å². The van der Waals surface area contributed by atoms with Gasteiger partial charge in [-0.3, -0.25) is 9.59 Å². The number of H-pyrrole nitrogens is 1. The molecule has 29 heavy (non-hydrogen) atoms. The second-order valence-electron chi connectivity index (χ2n) is 7.61. The SMILES string of the molecule is Cc1nc2c(c(C)c1O)/C(=C/c1[nH]c(C)c(C(=O)N3CCNCC3)c1C)C(=O)N2. The Morgan fingerprint density at radius 2 is 1.83 bits per heavy atom. The first kappa shape index (κ1) is 19.2. The van der Waals surface area contributed by atoms with Crippen molar-refractivity contribution in [1.29, 1.82) is 0 Å². The molecule has 1 saturated heterocycles. The number of amides is 2. The third-order valence-corrected chi connectivity index (χ3v) is 5.72. The Balaban J connectivity index is 1.77. The minimum Gasteiger partial charge on any atom is -0.506 e. The van der Waals surface area contributed by atoms with Crippen molar-refractivity contribution in [3.8, 4) is 5.75 Å². The van der Waals surface area contributed by atoms with E-state index in [1.807, 2.05) is 18.7 Å². The van der Waals surface area contributed by atoms with Crippen LogP contribution in [0.15, 0.2) is 0 Å². The van der Waals surface area contributed by atoms with Crippen LogP contribution in [-0.4, -0.2) is 58.0 Å². The van der Waals surface area contributed by atoms with Crippen LogP contribution in [-0.2, 0) is 4.79 Å². The highest BCUT2D eigenvalue weighted by Crippen LogP contribution is 2.39. The first-order valence-corrected chi connectivity index (χ1v) is 9.72. The van der Waals surface area contributed by atoms with Crippen molar-refractivity contribution in [2.24, 2.45) is 0 Å². The highest BCUT2D eigenvalue weighted by Gasteiger charge is 2.31. The van der Waals surface area contributed by atoms with E-state index in [9.17, 15) is 14.7 Å². The second-order valence-corrected chi connectivity index (χ2v) is 7.61. The lowest BCUT2D eigenvalue weighted by atomic mass is 10.00. The summed E-state index contributed by atoms with van der Waals surface area (Å²) in [7, 11) is 0. The first-order valence-electron chi connectivity index (χ1n) is 9.72. The molecule has 0 radical (unpaired) electrons. The molecule has 4 rings (SSSR count). The number of carbonyl (C=O) groups is 2. The number of nitrogens with zero attached hydrogens (tertiary/aromatic N) is 2. The van der Waals surface area contributed by atoms with Gasteiger partial charge in [-0.25, -0.2) is 4.98 Å². The summed E-state index contributed by atoms with van der Waals surface area (Å²) in [4.78, 5) is 35.0. The van der Waals surface area contributed by atoms with Gasteiger partial charge < -0.3 is 25.6 Å². The van der Waals surface area contributed by atoms with Crippen molar-refractivity contribution in [3.05, 3.63) is 39.3 Å². The van der Waals surface area contributed by atoms with Gasteiger partial charge in [-0.15, -0.1) is 0 Å². The van der Waals surface area contributed by atoms with Crippen molar-refractivity contribution in [1.82, 2.24) is 20.2 Å². The Hall–Kier alpha value is -3.13. The van der Waals surface area contributed by atoms with E-state index in [4.69, 9.17) is 0 Å². The lowest BCUT2D eigenvalue weighted by Crippen LogP contribution is -2.46. The van der Waals surface area contributed by atoms with Gasteiger partial charge in [-0.05, 0) is 39.3 Å². The standard InChI is InChI=1S/C21H25N5O3/c1-10-15(23-12(3)16(10)21(29)26-7-5-22-6-8-26)9-14-17-11(2)18(27)13(4)24-19(17)25-20(14)28/h9,22-23,27H,5-8H2,1-4H3,(H,24,25,28)/b14-9-. The molecule has 0 saturated carbocycles. The van der Waals surface area contributed by atoms with E-state index in [1.165, 1.54) is 0 Å². The molecule has 8 nitrogen and oxygen atoms in total. The fourth-order valence-electron chi connectivity index (χ4n) is 4.10. The summed E-state index contributed by atoms with van der Waals surface area (Å²) in [6.45, 7) is 10.2. The Bertz CT molecular complexity index is 1060. The summed E-state index contributed by atoms with van der Waals surface area (Å²) >= 11 is 0. The summed E-state index contributed by atoms with van der Waals surface area (Å²) in [6, 6.07) is 0. The number of rotatable bonds is 2. The molecule has 0 unspecified atom stereocenters. The molecule has 2 aromatic rings. The van der Waals surface area contributed by atoms with Gasteiger partial charge in [-0.1, -0.05) is 0 Å². The smallest absolute Gasteiger partial charge is 0.257 e. The molecule has 1 fully saturated rings. The van der Waals surface area contributed by atoms with Crippen LogP contribution in [0.3, 0.4) is 0 Å². The molecule has 2 aromatic heterocycles. The van der Waals surface area contributed by atoms with E-state index in [0.29, 0.717) is 52.6 Å². The van der Waals surface area contributed by atoms with E-state index < -0.39 is 0 Å². The van der Waals surface area contributed by atoms with Crippen LogP contribution in [0.25, 0.3) is 11.6 Å². The summed E-state index contributed by atoms with van der Waals surface area (Å²) in [5.74, 6) is 0.263. The number of fused-ring (bicyclic) bond motifs is 1. The zero-order valence-electron chi connectivity index (χ0n) is 17.1. The number of nitrogens with one attached hydrogen (secondary N) is 3. The number of carbonyl (C=O) groups excluding carboxylic acids is 2. The average Bonchev–Trinajstić information content (AvgIpc) is 3.16. The molecule has 4 heterocycles. The van der Waals surface area contributed by atoms with Gasteiger partial charge in [0.05, 0.1) is 16.8 Å². The second kappa shape index (κ2) is 7.04. The number of anilines is 1. The molecule has 2 aliphatic rings. The van der Waals surface area contributed by atoms with Crippen LogP contribution in [0.5, 0.6) is 5.75 Å². The van der Waals surface area contributed by atoms with Crippen LogP contribution in [0.4, 0.5) is 5.82 Å². The number of aromatic nitrogens is 2. The molecular weight excluding hydrogens is 370 g/mol. The maximum atomic E-state index is 13.0. The van der Waals surface area contributed by atoms with Gasteiger partial charge in [0.25, 0.3) is 11.8 Å². The lowest BCUT2D eigenvalue weighted by Gasteiger charge is -2.27. The predicted molar refractivity (Wildman–Crippen MR) is 111 cm³/mol. The first-order chi connectivity index (χ1) is 13.8. The van der Waals surface area contributed by atoms with Crippen molar-refractivity contribution in [2.45, 2.75) is 27.7 Å². The molecule has 2 amide bonds. The molecule has 0 bridgehead atoms. The van der Waals surface area contributed by atoms with Crippen molar-refractivity contribution in [3.63, 3.8) is 0 Å². The Labute approximate surface area is 169 Å². The van der Waals surface area contributed by atoms with Crippen molar-refractivity contribution < 1.29 is 14.7 Å². The minimum atomic E-state index is -0.276. The number of aryl methyl sites for hydroxylation is 2. The number of pyridine rings is 1. The molecule has 0 spiro atoms. The zero-order chi connectivity index (χ0) is 20.9.